The van der Waals surface area contributed by atoms with Crippen LogP contribution in [0.1, 0.15) is 51.8 Å². The summed E-state index contributed by atoms with van der Waals surface area (Å²) in [5, 5.41) is 15.5. The van der Waals surface area contributed by atoms with Crippen LogP contribution in [0.5, 0.6) is 0 Å². The number of hydrogen-bond donors (Lipinski definition) is 2. The van der Waals surface area contributed by atoms with Crippen LogP contribution in [0, 0.1) is 5.41 Å². The number of halogens is 1. The Hall–Kier alpha value is -1.38. The zero-order valence-corrected chi connectivity index (χ0v) is 18.4. The second kappa shape index (κ2) is 9.53. The number of aromatic nitrogens is 3. The number of pyridine rings is 1. The van der Waals surface area contributed by atoms with E-state index in [1.807, 2.05) is 31.4 Å². The van der Waals surface area contributed by atoms with Crippen LogP contribution in [0.2, 0.25) is 0 Å². The average Bonchev–Trinajstić information content (AvgIpc) is 3.02. The lowest BCUT2D eigenvalue weighted by atomic mass is 9.75. The van der Waals surface area contributed by atoms with Crippen LogP contribution in [0.4, 0.5) is 0 Å². The lowest BCUT2D eigenvalue weighted by Crippen LogP contribution is -2.45. The Kier molecular flexibility index (Phi) is 7.67. The number of fused-ring (bicyclic) bond motifs is 1. The van der Waals surface area contributed by atoms with E-state index in [4.69, 9.17) is 0 Å². The third kappa shape index (κ3) is 5.56. The van der Waals surface area contributed by atoms with Crippen molar-refractivity contribution in [1.82, 2.24) is 25.2 Å². The molecular weight excluding hydrogens is 439 g/mol. The molecule has 2 heterocycles. The second-order valence-corrected chi connectivity index (χ2v) is 7.73. The first-order valence-corrected chi connectivity index (χ1v) is 9.33. The number of aliphatic imine (C=N–C) groups is 1. The van der Waals surface area contributed by atoms with Gasteiger partial charge in [-0.25, -0.2) is 0 Å². The molecule has 0 bridgehead atoms. The maximum absolute atomic E-state index is 4.36. The van der Waals surface area contributed by atoms with E-state index < -0.39 is 0 Å². The van der Waals surface area contributed by atoms with Crippen LogP contribution in [0.15, 0.2) is 29.4 Å². The van der Waals surface area contributed by atoms with Crippen LogP contribution in [0.25, 0.3) is 5.65 Å². The summed E-state index contributed by atoms with van der Waals surface area (Å²) < 4.78 is 2.05. The minimum absolute atomic E-state index is 0. The number of nitrogens with zero attached hydrogens (tertiary/aromatic N) is 4. The van der Waals surface area contributed by atoms with Crippen molar-refractivity contribution in [3.05, 3.63) is 30.2 Å². The van der Waals surface area contributed by atoms with E-state index in [2.05, 4.69) is 44.1 Å². The van der Waals surface area contributed by atoms with E-state index in [1.165, 1.54) is 25.7 Å². The van der Waals surface area contributed by atoms with Gasteiger partial charge in [-0.1, -0.05) is 19.9 Å². The van der Waals surface area contributed by atoms with E-state index in [0.717, 1.165) is 36.8 Å². The minimum atomic E-state index is 0. The SMILES string of the molecule is CN=C(NCCCc1nnc2ccccn12)NC1CCC(C)(C)CC1.I. The molecule has 2 aromatic heterocycles. The van der Waals surface area contributed by atoms with Gasteiger partial charge in [-0.15, -0.1) is 34.2 Å². The molecule has 3 rings (SSSR count). The van der Waals surface area contributed by atoms with Crippen LogP contribution in [-0.4, -0.2) is 40.2 Å². The van der Waals surface area contributed by atoms with Crippen LogP contribution < -0.4 is 10.6 Å². The fourth-order valence-corrected chi connectivity index (χ4v) is 3.45. The molecule has 2 N–H and O–H groups in total. The fourth-order valence-electron chi connectivity index (χ4n) is 3.45. The largest absolute Gasteiger partial charge is 0.356 e. The molecule has 144 valence electrons. The molecule has 1 saturated carbocycles. The van der Waals surface area contributed by atoms with E-state index >= 15 is 0 Å². The molecule has 0 radical (unpaired) electrons. The Labute approximate surface area is 173 Å². The molecule has 0 unspecified atom stereocenters. The van der Waals surface area contributed by atoms with E-state index in [-0.39, 0.29) is 24.0 Å². The van der Waals surface area contributed by atoms with Crippen molar-refractivity contribution in [2.75, 3.05) is 13.6 Å². The van der Waals surface area contributed by atoms with E-state index in [9.17, 15) is 0 Å². The van der Waals surface area contributed by atoms with Gasteiger partial charge in [0.05, 0.1) is 0 Å². The number of nitrogens with one attached hydrogen (secondary N) is 2. The topological polar surface area (TPSA) is 66.6 Å². The highest BCUT2D eigenvalue weighted by Gasteiger charge is 2.27. The fraction of sp³-hybridized carbons (Fsp3) is 0.632. The monoisotopic (exact) mass is 470 g/mol. The molecular formula is C19H31IN6. The molecule has 6 nitrogen and oxygen atoms in total. The summed E-state index contributed by atoms with van der Waals surface area (Å²) in [7, 11) is 1.84. The normalized spacial score (nSPS) is 17.7. The van der Waals surface area contributed by atoms with E-state index in [0.29, 0.717) is 11.5 Å². The summed E-state index contributed by atoms with van der Waals surface area (Å²) in [6.07, 6.45) is 8.91. The number of hydrogen-bond acceptors (Lipinski definition) is 3. The Morgan fingerprint density at radius 1 is 1.27 bits per heavy atom. The Morgan fingerprint density at radius 2 is 2.04 bits per heavy atom. The van der Waals surface area contributed by atoms with Crippen LogP contribution in [-0.2, 0) is 6.42 Å². The highest BCUT2D eigenvalue weighted by Crippen LogP contribution is 2.34. The van der Waals surface area contributed by atoms with Crippen molar-refractivity contribution < 1.29 is 0 Å². The maximum Gasteiger partial charge on any atom is 0.191 e. The number of guanidine groups is 1. The minimum Gasteiger partial charge on any atom is -0.356 e. The molecule has 2 aromatic rings. The molecule has 1 fully saturated rings. The highest BCUT2D eigenvalue weighted by atomic mass is 127. The van der Waals surface area contributed by atoms with Gasteiger partial charge in [-0.3, -0.25) is 9.39 Å². The quantitative estimate of drug-likeness (QED) is 0.304. The zero-order chi connectivity index (χ0) is 17.7. The summed E-state index contributed by atoms with van der Waals surface area (Å²) in [5.74, 6) is 1.92. The summed E-state index contributed by atoms with van der Waals surface area (Å²) >= 11 is 0. The predicted octanol–water partition coefficient (Wildman–Crippen LogP) is 3.41. The molecule has 26 heavy (non-hydrogen) atoms. The van der Waals surface area contributed by atoms with Crippen molar-refractivity contribution in [3.8, 4) is 0 Å². The van der Waals surface area contributed by atoms with Gasteiger partial charge in [0.1, 0.15) is 5.82 Å². The van der Waals surface area contributed by atoms with Crippen molar-refractivity contribution in [1.29, 1.82) is 0 Å². The predicted molar refractivity (Wildman–Crippen MR) is 117 cm³/mol. The van der Waals surface area contributed by atoms with Crippen LogP contribution in [0.3, 0.4) is 0 Å². The third-order valence-electron chi connectivity index (χ3n) is 5.16. The Balaban J connectivity index is 0.00000243. The van der Waals surface area contributed by atoms with Gasteiger partial charge < -0.3 is 10.6 Å². The molecule has 0 atom stereocenters. The summed E-state index contributed by atoms with van der Waals surface area (Å²) in [5.41, 5.74) is 1.40. The van der Waals surface area contributed by atoms with Crippen LogP contribution >= 0.6 is 24.0 Å². The number of rotatable bonds is 5. The Morgan fingerprint density at radius 3 is 2.77 bits per heavy atom. The van der Waals surface area contributed by atoms with Crippen molar-refractivity contribution in [2.45, 2.75) is 58.4 Å². The van der Waals surface area contributed by atoms with Gasteiger partial charge in [-0.2, -0.15) is 0 Å². The molecule has 0 spiro atoms. The molecule has 0 saturated heterocycles. The van der Waals surface area contributed by atoms with Crippen molar-refractivity contribution in [2.24, 2.45) is 10.4 Å². The van der Waals surface area contributed by atoms with Crippen molar-refractivity contribution in [3.63, 3.8) is 0 Å². The molecule has 0 amide bonds. The highest BCUT2D eigenvalue weighted by molar-refractivity contribution is 14.0. The van der Waals surface area contributed by atoms with E-state index in [1.54, 1.807) is 0 Å². The average molecular weight is 470 g/mol. The maximum atomic E-state index is 4.36. The lowest BCUT2D eigenvalue weighted by molar-refractivity contribution is 0.216. The first kappa shape index (κ1) is 20.9. The molecule has 0 aliphatic heterocycles. The van der Waals surface area contributed by atoms with Gasteiger partial charge in [-0.05, 0) is 49.7 Å². The molecule has 7 heteroatoms. The van der Waals surface area contributed by atoms with Gasteiger partial charge in [0.15, 0.2) is 11.6 Å². The second-order valence-electron chi connectivity index (χ2n) is 7.73. The standard InChI is InChI=1S/C19H30N6.HI/c1-19(2)11-9-15(10-12-19)22-18(20-3)21-13-6-8-17-24-23-16-7-4-5-14-25(16)17;/h4-5,7,14-15H,6,8-13H2,1-3H3,(H2,20,21,22);1H. The van der Waals surface area contributed by atoms with Gasteiger partial charge >= 0.3 is 0 Å². The smallest absolute Gasteiger partial charge is 0.191 e. The zero-order valence-electron chi connectivity index (χ0n) is 16.0. The van der Waals surface area contributed by atoms with Crippen molar-refractivity contribution >= 4 is 35.6 Å². The number of aryl methyl sites for hydroxylation is 1. The Bertz CT molecular complexity index is 714. The first-order chi connectivity index (χ1) is 12.1. The summed E-state index contributed by atoms with van der Waals surface area (Å²) in [6.45, 7) is 5.61. The third-order valence-corrected chi connectivity index (χ3v) is 5.16. The lowest BCUT2D eigenvalue weighted by Gasteiger charge is -2.35. The van der Waals surface area contributed by atoms with Gasteiger partial charge in [0.25, 0.3) is 0 Å². The van der Waals surface area contributed by atoms with Gasteiger partial charge in [0.2, 0.25) is 0 Å². The molecule has 1 aliphatic carbocycles. The molecule has 0 aromatic carbocycles. The first-order valence-electron chi connectivity index (χ1n) is 9.33. The molecule has 1 aliphatic rings. The summed E-state index contributed by atoms with van der Waals surface area (Å²) in [6, 6.07) is 6.51. The summed E-state index contributed by atoms with van der Waals surface area (Å²) in [4.78, 5) is 4.36. The van der Waals surface area contributed by atoms with Gasteiger partial charge in [0, 0.05) is 32.3 Å².